The Bertz CT molecular complexity index is 736. The molecule has 1 aliphatic heterocycles. The summed E-state index contributed by atoms with van der Waals surface area (Å²) in [5.74, 6) is 0.0814. The van der Waals surface area contributed by atoms with Gasteiger partial charge in [-0.15, -0.1) is 0 Å². The van der Waals surface area contributed by atoms with Crippen LogP contribution >= 0.6 is 0 Å². The average molecular weight is 335 g/mol. The fraction of sp³-hybridized carbons (Fsp3) is 0.429. The molecule has 1 amide bonds. The molecule has 1 aromatic heterocycles. The summed E-state index contributed by atoms with van der Waals surface area (Å²) >= 11 is 0. The lowest BCUT2D eigenvalue weighted by atomic mass is 10.0. The van der Waals surface area contributed by atoms with E-state index in [4.69, 9.17) is 0 Å². The highest BCUT2D eigenvalue weighted by molar-refractivity contribution is 5.94. The van der Waals surface area contributed by atoms with Crippen molar-refractivity contribution in [3.8, 4) is 0 Å². The van der Waals surface area contributed by atoms with E-state index in [-0.39, 0.29) is 11.9 Å². The number of hydrogen-bond acceptors (Lipinski definition) is 3. The molecule has 130 valence electrons. The second-order valence-corrected chi connectivity index (χ2v) is 7.18. The van der Waals surface area contributed by atoms with E-state index >= 15 is 0 Å². The molecule has 25 heavy (non-hydrogen) atoms. The number of likely N-dealkylation sites (tertiary alicyclic amines) is 1. The van der Waals surface area contributed by atoms with Gasteiger partial charge in [0.25, 0.3) is 5.91 Å². The Labute approximate surface area is 149 Å². The lowest BCUT2D eigenvalue weighted by molar-refractivity contribution is 0.0908. The molecule has 4 nitrogen and oxygen atoms in total. The van der Waals surface area contributed by atoms with Crippen molar-refractivity contribution in [1.29, 1.82) is 0 Å². The van der Waals surface area contributed by atoms with Gasteiger partial charge in [0.05, 0.1) is 5.69 Å². The fourth-order valence-corrected chi connectivity index (χ4v) is 3.94. The summed E-state index contributed by atoms with van der Waals surface area (Å²) in [7, 11) is 0. The number of aryl methyl sites for hydroxylation is 2. The number of hydrogen-bond donors (Lipinski definition) is 1. The zero-order valence-corrected chi connectivity index (χ0v) is 14.6. The molecule has 1 aliphatic carbocycles. The van der Waals surface area contributed by atoms with Crippen LogP contribution in [0.15, 0.2) is 42.6 Å². The topological polar surface area (TPSA) is 45.2 Å². The van der Waals surface area contributed by atoms with Crippen LogP contribution in [0.3, 0.4) is 0 Å². The maximum absolute atomic E-state index is 12.6. The molecule has 0 spiro atoms. The van der Waals surface area contributed by atoms with Gasteiger partial charge in [-0.2, -0.15) is 0 Å². The minimum absolute atomic E-state index is 0.0814. The van der Waals surface area contributed by atoms with Gasteiger partial charge in [0.1, 0.15) is 0 Å². The molecule has 0 unspecified atom stereocenters. The van der Waals surface area contributed by atoms with E-state index in [1.807, 2.05) is 24.4 Å². The minimum Gasteiger partial charge on any atom is -0.349 e. The zero-order valence-electron chi connectivity index (χ0n) is 14.6. The number of aromatic nitrogens is 1. The molecule has 0 bridgehead atoms. The molecule has 1 aromatic carbocycles. The van der Waals surface area contributed by atoms with Gasteiger partial charge in [0.2, 0.25) is 0 Å². The smallest absolute Gasteiger partial charge is 0.251 e. The fourth-order valence-electron chi connectivity index (χ4n) is 3.94. The third kappa shape index (κ3) is 3.90. The summed E-state index contributed by atoms with van der Waals surface area (Å²) in [6.07, 6.45) is 7.34. The quantitative estimate of drug-likeness (QED) is 0.934. The van der Waals surface area contributed by atoms with Gasteiger partial charge in [-0.05, 0) is 67.5 Å². The van der Waals surface area contributed by atoms with Crippen LogP contribution in [0.5, 0.6) is 0 Å². The Kier molecular flexibility index (Phi) is 4.79. The third-order valence-electron chi connectivity index (χ3n) is 5.40. The molecular formula is C21H25N3O. The van der Waals surface area contributed by atoms with Crippen molar-refractivity contribution in [3.63, 3.8) is 0 Å². The summed E-state index contributed by atoms with van der Waals surface area (Å²) < 4.78 is 0. The van der Waals surface area contributed by atoms with Crippen molar-refractivity contribution in [2.24, 2.45) is 0 Å². The van der Waals surface area contributed by atoms with Crippen LogP contribution in [0.2, 0.25) is 0 Å². The number of benzene rings is 1. The standard InChI is InChI=1S/C21H25N3O/c25-21(18-8-7-16-4-3-5-17(16)14-18)23-19-9-12-24(13-10-19)15-20-6-1-2-11-22-20/h1-2,6-8,11,14,19H,3-5,9-10,12-13,15H2,(H,23,25). The average Bonchev–Trinajstić information content (AvgIpc) is 3.12. The van der Waals surface area contributed by atoms with E-state index in [0.29, 0.717) is 0 Å². The van der Waals surface area contributed by atoms with Crippen LogP contribution in [0.4, 0.5) is 0 Å². The predicted octanol–water partition coefficient (Wildman–Crippen LogP) is 2.96. The summed E-state index contributed by atoms with van der Waals surface area (Å²) in [5, 5.41) is 3.23. The molecule has 1 saturated heterocycles. The normalized spacial score (nSPS) is 18.1. The molecule has 4 rings (SSSR count). The first-order valence-corrected chi connectivity index (χ1v) is 9.33. The van der Waals surface area contributed by atoms with Crippen LogP contribution < -0.4 is 5.32 Å². The van der Waals surface area contributed by atoms with Crippen LogP contribution in [0.1, 0.15) is 46.4 Å². The first kappa shape index (κ1) is 16.3. The summed E-state index contributed by atoms with van der Waals surface area (Å²) in [4.78, 5) is 19.4. The molecule has 2 heterocycles. The molecule has 1 N–H and O–H groups in total. The van der Waals surface area contributed by atoms with E-state index in [0.717, 1.165) is 56.6 Å². The number of pyridine rings is 1. The van der Waals surface area contributed by atoms with Gasteiger partial charge in [0, 0.05) is 37.4 Å². The van der Waals surface area contributed by atoms with Crippen LogP contribution in [-0.2, 0) is 19.4 Å². The number of nitrogens with zero attached hydrogens (tertiary/aromatic N) is 2. The molecule has 0 saturated carbocycles. The molecule has 2 aromatic rings. The second-order valence-electron chi connectivity index (χ2n) is 7.18. The largest absolute Gasteiger partial charge is 0.349 e. The highest BCUT2D eigenvalue weighted by Crippen LogP contribution is 2.23. The number of carbonyl (C=O) groups is 1. The van der Waals surface area contributed by atoms with Gasteiger partial charge in [-0.1, -0.05) is 12.1 Å². The summed E-state index contributed by atoms with van der Waals surface area (Å²) in [6, 6.07) is 12.5. The van der Waals surface area contributed by atoms with Crippen molar-refractivity contribution >= 4 is 5.91 Å². The number of nitrogens with one attached hydrogen (secondary N) is 1. The molecular weight excluding hydrogens is 310 g/mol. The van der Waals surface area contributed by atoms with E-state index < -0.39 is 0 Å². The van der Waals surface area contributed by atoms with Crippen LogP contribution in [0, 0.1) is 0 Å². The van der Waals surface area contributed by atoms with Gasteiger partial charge in [-0.3, -0.25) is 14.7 Å². The molecule has 4 heteroatoms. The van der Waals surface area contributed by atoms with Gasteiger partial charge in [-0.25, -0.2) is 0 Å². The Balaban J connectivity index is 1.29. The van der Waals surface area contributed by atoms with E-state index in [2.05, 4.69) is 33.4 Å². The third-order valence-corrected chi connectivity index (χ3v) is 5.40. The Morgan fingerprint density at radius 2 is 1.96 bits per heavy atom. The van der Waals surface area contributed by atoms with Crippen molar-refractivity contribution in [2.75, 3.05) is 13.1 Å². The van der Waals surface area contributed by atoms with Crippen molar-refractivity contribution < 1.29 is 4.79 Å². The van der Waals surface area contributed by atoms with Crippen LogP contribution in [0.25, 0.3) is 0 Å². The first-order chi connectivity index (χ1) is 12.3. The van der Waals surface area contributed by atoms with Gasteiger partial charge in [0.15, 0.2) is 0 Å². The first-order valence-electron chi connectivity index (χ1n) is 9.33. The Hall–Kier alpha value is -2.20. The van der Waals surface area contributed by atoms with Crippen LogP contribution in [-0.4, -0.2) is 34.9 Å². The molecule has 1 fully saturated rings. The zero-order chi connectivity index (χ0) is 17.1. The lowest BCUT2D eigenvalue weighted by Crippen LogP contribution is -2.44. The number of rotatable bonds is 4. The summed E-state index contributed by atoms with van der Waals surface area (Å²) in [5.41, 5.74) is 4.71. The summed E-state index contributed by atoms with van der Waals surface area (Å²) in [6.45, 7) is 2.91. The Morgan fingerprint density at radius 1 is 1.12 bits per heavy atom. The maximum atomic E-state index is 12.6. The molecule has 2 aliphatic rings. The molecule has 0 radical (unpaired) electrons. The van der Waals surface area contributed by atoms with Crippen molar-refractivity contribution in [2.45, 2.75) is 44.7 Å². The number of carbonyl (C=O) groups excluding carboxylic acids is 1. The van der Waals surface area contributed by atoms with Crippen molar-refractivity contribution in [3.05, 3.63) is 65.0 Å². The lowest BCUT2D eigenvalue weighted by Gasteiger charge is -2.32. The van der Waals surface area contributed by atoms with E-state index in [1.54, 1.807) is 0 Å². The van der Waals surface area contributed by atoms with E-state index in [9.17, 15) is 4.79 Å². The SMILES string of the molecule is O=C(NC1CCN(Cc2ccccn2)CC1)c1ccc2c(c1)CCC2. The van der Waals surface area contributed by atoms with Crippen molar-refractivity contribution in [1.82, 2.24) is 15.2 Å². The molecule has 0 atom stereocenters. The highest BCUT2D eigenvalue weighted by atomic mass is 16.1. The maximum Gasteiger partial charge on any atom is 0.251 e. The number of fused-ring (bicyclic) bond motifs is 1. The van der Waals surface area contributed by atoms with Gasteiger partial charge >= 0.3 is 0 Å². The predicted molar refractivity (Wildman–Crippen MR) is 98.5 cm³/mol. The number of piperidine rings is 1. The van der Waals surface area contributed by atoms with Gasteiger partial charge < -0.3 is 5.32 Å². The number of amides is 1. The Morgan fingerprint density at radius 3 is 2.76 bits per heavy atom. The monoisotopic (exact) mass is 335 g/mol. The highest BCUT2D eigenvalue weighted by Gasteiger charge is 2.22. The minimum atomic E-state index is 0.0814. The van der Waals surface area contributed by atoms with E-state index in [1.165, 1.54) is 17.5 Å². The second kappa shape index (κ2) is 7.36.